The van der Waals surface area contributed by atoms with Gasteiger partial charge < -0.3 is 9.67 Å². The zero-order valence-corrected chi connectivity index (χ0v) is 10.7. The molecule has 0 aliphatic carbocycles. The van der Waals surface area contributed by atoms with E-state index in [1.807, 2.05) is 18.6 Å². The minimum Gasteiger partial charge on any atom is -0.384 e. The van der Waals surface area contributed by atoms with Gasteiger partial charge in [0.1, 0.15) is 6.61 Å². The standard InChI is InChI=1S/C13H14N2OS/c1-10-11(2)15(9-14-10)7-13-6-12(8-17-13)4-3-5-16/h6,8-9,16H,5,7H2,1-2H3. The van der Waals surface area contributed by atoms with E-state index < -0.39 is 0 Å². The van der Waals surface area contributed by atoms with Crippen LogP contribution in [0, 0.1) is 25.7 Å². The molecular weight excluding hydrogens is 232 g/mol. The predicted octanol–water partition coefficient (Wildman–Crippen LogP) is 1.95. The van der Waals surface area contributed by atoms with Gasteiger partial charge in [-0.05, 0) is 19.9 Å². The molecule has 17 heavy (non-hydrogen) atoms. The lowest BCUT2D eigenvalue weighted by molar-refractivity contribution is 0.350. The normalized spacial score (nSPS) is 10.1. The van der Waals surface area contributed by atoms with Crippen molar-refractivity contribution >= 4 is 11.3 Å². The molecule has 0 saturated carbocycles. The van der Waals surface area contributed by atoms with Crippen LogP contribution >= 0.6 is 11.3 Å². The number of thiophene rings is 1. The summed E-state index contributed by atoms with van der Waals surface area (Å²) in [6.07, 6.45) is 1.86. The molecule has 0 radical (unpaired) electrons. The first-order chi connectivity index (χ1) is 8.20. The van der Waals surface area contributed by atoms with Crippen molar-refractivity contribution in [3.05, 3.63) is 39.6 Å². The number of aliphatic hydroxyl groups is 1. The van der Waals surface area contributed by atoms with E-state index in [-0.39, 0.29) is 6.61 Å². The van der Waals surface area contributed by atoms with Gasteiger partial charge in [-0.1, -0.05) is 11.8 Å². The maximum absolute atomic E-state index is 8.63. The van der Waals surface area contributed by atoms with Crippen molar-refractivity contribution in [1.82, 2.24) is 9.55 Å². The van der Waals surface area contributed by atoms with Gasteiger partial charge >= 0.3 is 0 Å². The summed E-state index contributed by atoms with van der Waals surface area (Å²) in [6, 6.07) is 2.06. The molecule has 1 N–H and O–H groups in total. The third-order valence-corrected chi connectivity index (χ3v) is 3.56. The molecule has 88 valence electrons. The van der Waals surface area contributed by atoms with Crippen LogP contribution in [0.1, 0.15) is 21.8 Å². The van der Waals surface area contributed by atoms with Crippen molar-refractivity contribution in [2.45, 2.75) is 20.4 Å². The Labute approximate surface area is 105 Å². The molecule has 0 aliphatic rings. The lowest BCUT2D eigenvalue weighted by Crippen LogP contribution is -1.98. The highest BCUT2D eigenvalue weighted by molar-refractivity contribution is 7.10. The molecule has 0 atom stereocenters. The number of aliphatic hydroxyl groups excluding tert-OH is 1. The molecule has 0 bridgehead atoms. The van der Waals surface area contributed by atoms with Crippen molar-refractivity contribution in [1.29, 1.82) is 0 Å². The van der Waals surface area contributed by atoms with Crippen molar-refractivity contribution < 1.29 is 5.11 Å². The van der Waals surface area contributed by atoms with Crippen LogP contribution in [0.3, 0.4) is 0 Å². The summed E-state index contributed by atoms with van der Waals surface area (Å²) >= 11 is 1.68. The molecule has 0 amide bonds. The number of aryl methyl sites for hydroxylation is 1. The van der Waals surface area contributed by atoms with Crippen LogP contribution in [-0.2, 0) is 6.54 Å². The van der Waals surface area contributed by atoms with Gasteiger partial charge in [0.25, 0.3) is 0 Å². The summed E-state index contributed by atoms with van der Waals surface area (Å²) in [5.41, 5.74) is 3.23. The molecule has 2 aromatic heterocycles. The first-order valence-electron chi connectivity index (χ1n) is 5.36. The lowest BCUT2D eigenvalue weighted by atomic mass is 10.3. The Morgan fingerprint density at radius 3 is 2.94 bits per heavy atom. The summed E-state index contributed by atoms with van der Waals surface area (Å²) < 4.78 is 2.13. The monoisotopic (exact) mass is 246 g/mol. The van der Waals surface area contributed by atoms with Crippen molar-refractivity contribution in [3.63, 3.8) is 0 Å². The molecule has 0 saturated heterocycles. The largest absolute Gasteiger partial charge is 0.384 e. The molecular formula is C13H14N2OS. The van der Waals surface area contributed by atoms with Crippen molar-refractivity contribution in [3.8, 4) is 11.8 Å². The molecule has 0 aliphatic heterocycles. The second kappa shape index (κ2) is 5.17. The topological polar surface area (TPSA) is 38.0 Å². The number of imidazole rings is 1. The summed E-state index contributed by atoms with van der Waals surface area (Å²) in [4.78, 5) is 5.52. The molecule has 0 unspecified atom stereocenters. The van der Waals surface area contributed by atoms with Crippen LogP contribution in [0.15, 0.2) is 17.8 Å². The lowest BCUT2D eigenvalue weighted by Gasteiger charge is -2.02. The van der Waals surface area contributed by atoms with Gasteiger partial charge in [0.05, 0.1) is 18.6 Å². The SMILES string of the molecule is Cc1ncn(Cc2cc(C#CCO)cs2)c1C. The van der Waals surface area contributed by atoms with Crippen LogP contribution < -0.4 is 0 Å². The zero-order valence-electron chi connectivity index (χ0n) is 9.90. The highest BCUT2D eigenvalue weighted by Gasteiger charge is 2.04. The average molecular weight is 246 g/mol. The quantitative estimate of drug-likeness (QED) is 0.823. The van der Waals surface area contributed by atoms with Gasteiger partial charge in [-0.2, -0.15) is 0 Å². The smallest absolute Gasteiger partial charge is 0.104 e. The fourth-order valence-corrected chi connectivity index (χ4v) is 2.36. The summed E-state index contributed by atoms with van der Waals surface area (Å²) in [7, 11) is 0. The van der Waals surface area contributed by atoms with Crippen LogP contribution in [0.5, 0.6) is 0 Å². The molecule has 3 nitrogen and oxygen atoms in total. The van der Waals surface area contributed by atoms with Gasteiger partial charge in [-0.3, -0.25) is 0 Å². The summed E-state index contributed by atoms with van der Waals surface area (Å²) in [6.45, 7) is 4.82. The predicted molar refractivity (Wildman–Crippen MR) is 69.1 cm³/mol. The van der Waals surface area contributed by atoms with E-state index in [9.17, 15) is 0 Å². The maximum Gasteiger partial charge on any atom is 0.104 e. The molecule has 2 rings (SSSR count). The molecule has 2 heterocycles. The first kappa shape index (κ1) is 11.9. The van der Waals surface area contributed by atoms with Gasteiger partial charge in [-0.25, -0.2) is 4.98 Å². The van der Waals surface area contributed by atoms with Crippen LogP contribution in [0.2, 0.25) is 0 Å². The summed E-state index contributed by atoms with van der Waals surface area (Å²) in [5, 5.41) is 10.6. The number of rotatable bonds is 2. The van der Waals surface area contributed by atoms with E-state index >= 15 is 0 Å². The number of nitrogens with zero attached hydrogens (tertiary/aromatic N) is 2. The Morgan fingerprint density at radius 2 is 2.29 bits per heavy atom. The van der Waals surface area contributed by atoms with Gasteiger partial charge in [0, 0.05) is 21.5 Å². The Bertz CT molecular complexity index is 572. The molecule has 0 spiro atoms. The van der Waals surface area contributed by atoms with Crippen LogP contribution in [-0.4, -0.2) is 21.3 Å². The highest BCUT2D eigenvalue weighted by atomic mass is 32.1. The Morgan fingerprint density at radius 1 is 1.47 bits per heavy atom. The third-order valence-electron chi connectivity index (χ3n) is 2.64. The fourth-order valence-electron chi connectivity index (χ4n) is 1.54. The van der Waals surface area contributed by atoms with E-state index in [0.717, 1.165) is 17.8 Å². The number of aromatic nitrogens is 2. The second-order valence-electron chi connectivity index (χ2n) is 3.80. The van der Waals surface area contributed by atoms with E-state index in [0.29, 0.717) is 0 Å². The van der Waals surface area contributed by atoms with Crippen LogP contribution in [0.25, 0.3) is 0 Å². The van der Waals surface area contributed by atoms with E-state index in [2.05, 4.69) is 34.4 Å². The number of hydrogen-bond donors (Lipinski definition) is 1. The van der Waals surface area contributed by atoms with E-state index in [1.165, 1.54) is 10.6 Å². The third kappa shape index (κ3) is 2.76. The van der Waals surface area contributed by atoms with Gasteiger partial charge in [-0.15, -0.1) is 11.3 Å². The van der Waals surface area contributed by atoms with Crippen LogP contribution in [0.4, 0.5) is 0 Å². The summed E-state index contributed by atoms with van der Waals surface area (Å²) in [5.74, 6) is 5.56. The molecule has 4 heteroatoms. The molecule has 0 fully saturated rings. The highest BCUT2D eigenvalue weighted by Crippen LogP contribution is 2.16. The average Bonchev–Trinajstić information content (AvgIpc) is 2.89. The van der Waals surface area contributed by atoms with Crippen molar-refractivity contribution in [2.75, 3.05) is 6.61 Å². The van der Waals surface area contributed by atoms with Gasteiger partial charge in [0.2, 0.25) is 0 Å². The van der Waals surface area contributed by atoms with E-state index in [1.54, 1.807) is 11.3 Å². The zero-order chi connectivity index (χ0) is 12.3. The minimum absolute atomic E-state index is 0.0923. The molecule has 2 aromatic rings. The Kier molecular flexibility index (Phi) is 3.62. The Hall–Kier alpha value is -1.57. The first-order valence-corrected chi connectivity index (χ1v) is 6.24. The van der Waals surface area contributed by atoms with Gasteiger partial charge in [0.15, 0.2) is 0 Å². The molecule has 0 aromatic carbocycles. The minimum atomic E-state index is -0.0923. The Balaban J connectivity index is 2.14. The van der Waals surface area contributed by atoms with Crippen molar-refractivity contribution in [2.24, 2.45) is 0 Å². The maximum atomic E-state index is 8.63. The second-order valence-corrected chi connectivity index (χ2v) is 4.80. The number of hydrogen-bond acceptors (Lipinski definition) is 3. The fraction of sp³-hybridized carbons (Fsp3) is 0.308. The van der Waals surface area contributed by atoms with E-state index in [4.69, 9.17) is 5.11 Å².